The van der Waals surface area contributed by atoms with Gasteiger partial charge in [-0.25, -0.2) is 0 Å². The van der Waals surface area contributed by atoms with Gasteiger partial charge in [0.05, 0.1) is 7.11 Å². The molecule has 1 aromatic carbocycles. The van der Waals surface area contributed by atoms with E-state index >= 15 is 0 Å². The summed E-state index contributed by atoms with van der Waals surface area (Å²) in [4.78, 5) is 0. The van der Waals surface area contributed by atoms with Crippen LogP contribution in [-0.2, 0) is 0 Å². The Morgan fingerprint density at radius 1 is 1.27 bits per heavy atom. The van der Waals surface area contributed by atoms with Crippen LogP contribution in [0.1, 0.15) is 37.8 Å². The van der Waals surface area contributed by atoms with Crippen LogP contribution in [0.2, 0.25) is 0 Å². The van der Waals surface area contributed by atoms with Crippen molar-refractivity contribution in [2.75, 3.05) is 7.11 Å². The molecule has 1 aliphatic heterocycles. The highest BCUT2D eigenvalue weighted by atomic mass is 16.5. The Morgan fingerprint density at radius 2 is 2.07 bits per heavy atom. The van der Waals surface area contributed by atoms with Gasteiger partial charge in [0.15, 0.2) is 0 Å². The molecule has 0 bridgehead atoms. The highest BCUT2D eigenvalue weighted by molar-refractivity contribution is 5.36. The maximum atomic E-state index is 5.39. The minimum Gasteiger partial charge on any atom is -0.496 e. The van der Waals surface area contributed by atoms with E-state index in [-0.39, 0.29) is 0 Å². The molecule has 2 unspecified atom stereocenters. The largest absolute Gasteiger partial charge is 0.496 e. The second-order valence-electron chi connectivity index (χ2n) is 4.29. The second kappa shape index (κ2) is 4.67. The number of rotatable bonds is 2. The number of para-hydroxylation sites is 1. The zero-order valence-corrected chi connectivity index (χ0v) is 9.49. The molecule has 0 aliphatic carbocycles. The molecule has 2 heteroatoms. The maximum Gasteiger partial charge on any atom is 0.123 e. The molecule has 0 amide bonds. The quantitative estimate of drug-likeness (QED) is 0.801. The van der Waals surface area contributed by atoms with Crippen molar-refractivity contribution in [1.29, 1.82) is 0 Å². The van der Waals surface area contributed by atoms with E-state index in [0.29, 0.717) is 12.1 Å². The van der Waals surface area contributed by atoms with Crippen molar-refractivity contribution in [2.24, 2.45) is 0 Å². The van der Waals surface area contributed by atoms with Gasteiger partial charge in [0.25, 0.3) is 0 Å². The third kappa shape index (κ3) is 2.32. The Hall–Kier alpha value is -1.02. The average molecular weight is 205 g/mol. The van der Waals surface area contributed by atoms with Gasteiger partial charge in [-0.05, 0) is 25.8 Å². The summed E-state index contributed by atoms with van der Waals surface area (Å²) >= 11 is 0. The second-order valence-corrected chi connectivity index (χ2v) is 4.29. The molecule has 1 aliphatic rings. The maximum absolute atomic E-state index is 5.39. The van der Waals surface area contributed by atoms with Crippen molar-refractivity contribution >= 4 is 0 Å². The topological polar surface area (TPSA) is 21.3 Å². The molecule has 2 atom stereocenters. The van der Waals surface area contributed by atoms with E-state index < -0.39 is 0 Å². The first-order valence-corrected chi connectivity index (χ1v) is 5.70. The Balaban J connectivity index is 2.20. The SMILES string of the molecule is COc1ccccc1C1CCCC(C)N1. The first-order valence-electron chi connectivity index (χ1n) is 5.70. The van der Waals surface area contributed by atoms with Crippen LogP contribution in [0.4, 0.5) is 0 Å². The minimum atomic E-state index is 0.463. The van der Waals surface area contributed by atoms with Gasteiger partial charge in [-0.15, -0.1) is 0 Å². The monoisotopic (exact) mass is 205 g/mol. The van der Waals surface area contributed by atoms with E-state index in [0.717, 1.165) is 5.75 Å². The zero-order chi connectivity index (χ0) is 10.7. The Labute approximate surface area is 91.6 Å². The highest BCUT2D eigenvalue weighted by Crippen LogP contribution is 2.31. The van der Waals surface area contributed by atoms with Crippen molar-refractivity contribution in [1.82, 2.24) is 5.32 Å². The normalized spacial score (nSPS) is 26.3. The third-order valence-electron chi connectivity index (χ3n) is 3.13. The molecule has 1 N–H and O–H groups in total. The lowest BCUT2D eigenvalue weighted by molar-refractivity contribution is 0.328. The minimum absolute atomic E-state index is 0.463. The van der Waals surface area contributed by atoms with Crippen molar-refractivity contribution in [3.8, 4) is 5.75 Å². The van der Waals surface area contributed by atoms with Gasteiger partial charge < -0.3 is 10.1 Å². The summed E-state index contributed by atoms with van der Waals surface area (Å²) in [7, 11) is 1.74. The van der Waals surface area contributed by atoms with Crippen LogP contribution in [0, 0.1) is 0 Å². The Morgan fingerprint density at radius 3 is 2.80 bits per heavy atom. The molecule has 0 aromatic heterocycles. The lowest BCUT2D eigenvalue weighted by atomic mass is 9.93. The number of nitrogens with one attached hydrogen (secondary N) is 1. The molecule has 0 spiro atoms. The molecule has 15 heavy (non-hydrogen) atoms. The van der Waals surface area contributed by atoms with Crippen LogP contribution in [0.5, 0.6) is 5.75 Å². The molecule has 82 valence electrons. The van der Waals surface area contributed by atoms with Crippen LogP contribution in [0.25, 0.3) is 0 Å². The lowest BCUT2D eigenvalue weighted by Gasteiger charge is -2.29. The standard InChI is InChI=1S/C13H19NO/c1-10-6-5-8-12(14-10)11-7-3-4-9-13(11)15-2/h3-4,7,9-10,12,14H,5-6,8H2,1-2H3. The summed E-state index contributed by atoms with van der Waals surface area (Å²) in [5.74, 6) is 1.00. The predicted octanol–water partition coefficient (Wildman–Crippen LogP) is 2.90. The fraction of sp³-hybridized carbons (Fsp3) is 0.538. The molecular formula is C13H19NO. The number of piperidine rings is 1. The smallest absolute Gasteiger partial charge is 0.123 e. The van der Waals surface area contributed by atoms with Crippen molar-refractivity contribution in [3.05, 3.63) is 29.8 Å². The summed E-state index contributed by atoms with van der Waals surface area (Å²) in [5.41, 5.74) is 1.30. The first kappa shape index (κ1) is 10.5. The van der Waals surface area contributed by atoms with Gasteiger partial charge >= 0.3 is 0 Å². The van der Waals surface area contributed by atoms with Gasteiger partial charge in [-0.3, -0.25) is 0 Å². The van der Waals surface area contributed by atoms with E-state index in [2.05, 4.69) is 24.4 Å². The van der Waals surface area contributed by atoms with Gasteiger partial charge in [-0.1, -0.05) is 24.6 Å². The van der Waals surface area contributed by atoms with E-state index in [1.54, 1.807) is 7.11 Å². The summed E-state index contributed by atoms with van der Waals surface area (Å²) in [6, 6.07) is 9.39. The predicted molar refractivity (Wildman–Crippen MR) is 62.2 cm³/mol. The van der Waals surface area contributed by atoms with Crippen LogP contribution in [0.3, 0.4) is 0 Å². The first-order chi connectivity index (χ1) is 7.31. The van der Waals surface area contributed by atoms with E-state index in [9.17, 15) is 0 Å². The van der Waals surface area contributed by atoms with Gasteiger partial charge in [0.1, 0.15) is 5.75 Å². The van der Waals surface area contributed by atoms with E-state index in [1.807, 2.05) is 12.1 Å². The Bertz CT molecular complexity index is 324. The van der Waals surface area contributed by atoms with Gasteiger partial charge in [-0.2, -0.15) is 0 Å². The summed E-state index contributed by atoms with van der Waals surface area (Å²) < 4.78 is 5.39. The lowest BCUT2D eigenvalue weighted by Crippen LogP contribution is -2.34. The Kier molecular flexibility index (Phi) is 3.27. The third-order valence-corrected chi connectivity index (χ3v) is 3.13. The van der Waals surface area contributed by atoms with E-state index in [1.165, 1.54) is 24.8 Å². The average Bonchev–Trinajstić information content (AvgIpc) is 2.29. The zero-order valence-electron chi connectivity index (χ0n) is 9.49. The number of hydrogen-bond acceptors (Lipinski definition) is 2. The molecule has 2 nitrogen and oxygen atoms in total. The van der Waals surface area contributed by atoms with Gasteiger partial charge in [0, 0.05) is 17.6 Å². The van der Waals surface area contributed by atoms with Gasteiger partial charge in [0.2, 0.25) is 0 Å². The summed E-state index contributed by atoms with van der Waals surface area (Å²) in [6.45, 7) is 2.25. The molecule has 1 heterocycles. The van der Waals surface area contributed by atoms with Crippen LogP contribution >= 0.6 is 0 Å². The van der Waals surface area contributed by atoms with Crippen molar-refractivity contribution < 1.29 is 4.74 Å². The van der Waals surface area contributed by atoms with Crippen molar-refractivity contribution in [2.45, 2.75) is 38.3 Å². The molecule has 1 fully saturated rings. The molecule has 2 rings (SSSR count). The number of ether oxygens (including phenoxy) is 1. The van der Waals surface area contributed by atoms with Crippen LogP contribution in [0.15, 0.2) is 24.3 Å². The summed E-state index contributed by atoms with van der Waals surface area (Å²) in [5, 5.41) is 3.63. The van der Waals surface area contributed by atoms with Crippen LogP contribution in [-0.4, -0.2) is 13.2 Å². The number of benzene rings is 1. The number of methoxy groups -OCH3 is 1. The molecule has 0 saturated carbocycles. The number of hydrogen-bond donors (Lipinski definition) is 1. The molecule has 0 radical (unpaired) electrons. The van der Waals surface area contributed by atoms with Crippen molar-refractivity contribution in [3.63, 3.8) is 0 Å². The fourth-order valence-electron chi connectivity index (χ4n) is 2.34. The highest BCUT2D eigenvalue weighted by Gasteiger charge is 2.21. The van der Waals surface area contributed by atoms with Crippen LogP contribution < -0.4 is 10.1 Å². The fourth-order valence-corrected chi connectivity index (χ4v) is 2.34. The summed E-state index contributed by atoms with van der Waals surface area (Å²) in [6.07, 6.45) is 3.80. The molecular weight excluding hydrogens is 186 g/mol. The van der Waals surface area contributed by atoms with E-state index in [4.69, 9.17) is 4.74 Å². The molecule has 1 saturated heterocycles. The molecule has 1 aromatic rings.